The molecule has 0 aromatic rings. The quantitative estimate of drug-likeness (QED) is 0.560. The molecule has 0 aromatic heterocycles. The first-order valence-electron chi connectivity index (χ1n) is 5.75. The van der Waals surface area contributed by atoms with Gasteiger partial charge in [0.15, 0.2) is 0 Å². The zero-order chi connectivity index (χ0) is 11.5. The summed E-state index contributed by atoms with van der Waals surface area (Å²) in [6.07, 6.45) is 1.19. The molecule has 0 aliphatic rings. The second kappa shape index (κ2) is 9.93. The summed E-state index contributed by atoms with van der Waals surface area (Å²) >= 11 is 0. The molecule has 15 heavy (non-hydrogen) atoms. The lowest BCUT2D eigenvalue weighted by Gasteiger charge is -2.10. The third kappa shape index (κ3) is 9.69. The average molecular weight is 216 g/mol. The van der Waals surface area contributed by atoms with Crippen molar-refractivity contribution in [2.24, 2.45) is 5.92 Å². The predicted molar refractivity (Wildman–Crippen MR) is 61.8 cm³/mol. The van der Waals surface area contributed by atoms with E-state index < -0.39 is 0 Å². The van der Waals surface area contributed by atoms with Crippen molar-refractivity contribution < 1.29 is 9.53 Å². The van der Waals surface area contributed by atoms with Gasteiger partial charge in [-0.15, -0.1) is 0 Å². The van der Waals surface area contributed by atoms with E-state index in [1.165, 1.54) is 6.42 Å². The van der Waals surface area contributed by atoms with Crippen LogP contribution in [0.3, 0.4) is 0 Å². The number of hydrogen-bond acceptors (Lipinski definition) is 3. The Morgan fingerprint density at radius 1 is 1.40 bits per heavy atom. The third-order valence-corrected chi connectivity index (χ3v) is 2.22. The van der Waals surface area contributed by atoms with Crippen LogP contribution in [0.15, 0.2) is 0 Å². The van der Waals surface area contributed by atoms with Crippen molar-refractivity contribution in [3.8, 4) is 0 Å². The SMILES string of the molecule is CCNC(=O)COCCNCC(C)CC. The summed E-state index contributed by atoms with van der Waals surface area (Å²) in [6, 6.07) is 0. The summed E-state index contributed by atoms with van der Waals surface area (Å²) in [7, 11) is 0. The van der Waals surface area contributed by atoms with Crippen molar-refractivity contribution in [3.05, 3.63) is 0 Å². The fourth-order valence-corrected chi connectivity index (χ4v) is 1.05. The van der Waals surface area contributed by atoms with E-state index in [1.54, 1.807) is 0 Å². The Morgan fingerprint density at radius 3 is 2.73 bits per heavy atom. The molecule has 0 saturated heterocycles. The minimum absolute atomic E-state index is 0.0422. The van der Waals surface area contributed by atoms with Crippen molar-refractivity contribution in [2.75, 3.05) is 32.8 Å². The summed E-state index contributed by atoms with van der Waals surface area (Å²) in [4.78, 5) is 11.0. The Morgan fingerprint density at radius 2 is 2.13 bits per heavy atom. The first kappa shape index (κ1) is 14.4. The van der Waals surface area contributed by atoms with Crippen molar-refractivity contribution in [2.45, 2.75) is 27.2 Å². The van der Waals surface area contributed by atoms with Crippen LogP contribution in [0, 0.1) is 5.92 Å². The van der Waals surface area contributed by atoms with Crippen LogP contribution in [-0.2, 0) is 9.53 Å². The van der Waals surface area contributed by atoms with Crippen LogP contribution in [0.1, 0.15) is 27.2 Å². The summed E-state index contributed by atoms with van der Waals surface area (Å²) in [6.45, 7) is 9.53. The number of nitrogens with one attached hydrogen (secondary N) is 2. The zero-order valence-electron chi connectivity index (χ0n) is 10.1. The highest BCUT2D eigenvalue weighted by molar-refractivity contribution is 5.77. The van der Waals surface area contributed by atoms with Gasteiger partial charge in [0, 0.05) is 13.1 Å². The van der Waals surface area contributed by atoms with Crippen LogP contribution in [0.25, 0.3) is 0 Å². The molecule has 4 nitrogen and oxygen atoms in total. The molecule has 0 radical (unpaired) electrons. The van der Waals surface area contributed by atoms with Gasteiger partial charge in [0.1, 0.15) is 6.61 Å². The highest BCUT2D eigenvalue weighted by Crippen LogP contribution is 1.96. The van der Waals surface area contributed by atoms with Crippen LogP contribution in [-0.4, -0.2) is 38.8 Å². The van der Waals surface area contributed by atoms with E-state index in [4.69, 9.17) is 4.74 Å². The molecule has 90 valence electrons. The molecule has 1 unspecified atom stereocenters. The lowest BCUT2D eigenvalue weighted by Crippen LogP contribution is -2.29. The van der Waals surface area contributed by atoms with Gasteiger partial charge in [0.05, 0.1) is 6.61 Å². The number of amides is 1. The van der Waals surface area contributed by atoms with E-state index in [0.29, 0.717) is 19.1 Å². The average Bonchev–Trinajstić information content (AvgIpc) is 2.23. The number of hydrogen-bond donors (Lipinski definition) is 2. The van der Waals surface area contributed by atoms with Crippen LogP contribution >= 0.6 is 0 Å². The summed E-state index contributed by atoms with van der Waals surface area (Å²) in [5.74, 6) is 0.660. The molecule has 1 amide bonds. The maximum Gasteiger partial charge on any atom is 0.245 e. The van der Waals surface area contributed by atoms with Crippen LogP contribution < -0.4 is 10.6 Å². The van der Waals surface area contributed by atoms with Gasteiger partial charge >= 0.3 is 0 Å². The van der Waals surface area contributed by atoms with Crippen molar-refractivity contribution >= 4 is 5.91 Å². The van der Waals surface area contributed by atoms with Gasteiger partial charge in [0.2, 0.25) is 5.91 Å². The smallest absolute Gasteiger partial charge is 0.245 e. The zero-order valence-corrected chi connectivity index (χ0v) is 10.1. The predicted octanol–water partition coefficient (Wildman–Crippen LogP) is 0.775. The van der Waals surface area contributed by atoms with Crippen LogP contribution in [0.5, 0.6) is 0 Å². The minimum Gasteiger partial charge on any atom is -0.370 e. The Balaban J connectivity index is 3.14. The molecule has 0 fully saturated rings. The number of ether oxygens (including phenoxy) is 1. The number of carbonyl (C=O) groups is 1. The Kier molecular flexibility index (Phi) is 9.52. The molecule has 0 heterocycles. The van der Waals surface area contributed by atoms with E-state index in [-0.39, 0.29) is 12.5 Å². The van der Waals surface area contributed by atoms with Gasteiger partial charge in [-0.25, -0.2) is 0 Å². The Hall–Kier alpha value is -0.610. The summed E-state index contributed by atoms with van der Waals surface area (Å²) in [5.41, 5.74) is 0. The number of likely N-dealkylation sites (N-methyl/N-ethyl adjacent to an activating group) is 1. The standard InChI is InChI=1S/C11H24N2O2/c1-4-10(3)8-12-6-7-15-9-11(14)13-5-2/h10,12H,4-9H2,1-3H3,(H,13,14). The van der Waals surface area contributed by atoms with E-state index >= 15 is 0 Å². The van der Waals surface area contributed by atoms with Gasteiger partial charge in [-0.05, 0) is 19.4 Å². The van der Waals surface area contributed by atoms with Gasteiger partial charge in [-0.1, -0.05) is 20.3 Å². The van der Waals surface area contributed by atoms with Gasteiger partial charge in [-0.2, -0.15) is 0 Å². The van der Waals surface area contributed by atoms with Crippen molar-refractivity contribution in [1.82, 2.24) is 10.6 Å². The molecule has 0 saturated carbocycles. The Bertz CT molecular complexity index is 163. The monoisotopic (exact) mass is 216 g/mol. The molecule has 0 spiro atoms. The van der Waals surface area contributed by atoms with Crippen LogP contribution in [0.2, 0.25) is 0 Å². The number of rotatable bonds is 9. The van der Waals surface area contributed by atoms with Gasteiger partial charge < -0.3 is 15.4 Å². The molecule has 4 heteroatoms. The lowest BCUT2D eigenvalue weighted by molar-refractivity contribution is -0.125. The van der Waals surface area contributed by atoms with E-state index in [2.05, 4.69) is 24.5 Å². The lowest BCUT2D eigenvalue weighted by atomic mass is 10.1. The molecule has 2 N–H and O–H groups in total. The summed E-state index contributed by atoms with van der Waals surface area (Å²) < 4.78 is 5.19. The van der Waals surface area contributed by atoms with Gasteiger partial charge in [0.25, 0.3) is 0 Å². The molecule has 1 atom stereocenters. The highest BCUT2D eigenvalue weighted by atomic mass is 16.5. The largest absolute Gasteiger partial charge is 0.370 e. The highest BCUT2D eigenvalue weighted by Gasteiger charge is 1.99. The summed E-state index contributed by atoms with van der Waals surface area (Å²) in [5, 5.41) is 5.96. The first-order chi connectivity index (χ1) is 7.20. The van der Waals surface area contributed by atoms with Gasteiger partial charge in [-0.3, -0.25) is 4.79 Å². The second-order valence-corrected chi connectivity index (χ2v) is 3.72. The molecule has 0 rings (SSSR count). The minimum atomic E-state index is -0.0422. The number of carbonyl (C=O) groups excluding carboxylic acids is 1. The fraction of sp³-hybridized carbons (Fsp3) is 0.909. The molecule has 0 aliphatic carbocycles. The molecule has 0 bridgehead atoms. The Labute approximate surface area is 92.8 Å². The molecular weight excluding hydrogens is 192 g/mol. The molecular formula is C11H24N2O2. The van der Waals surface area contributed by atoms with Crippen molar-refractivity contribution in [1.29, 1.82) is 0 Å². The topological polar surface area (TPSA) is 50.4 Å². The molecule has 0 aromatic carbocycles. The normalized spacial score (nSPS) is 12.5. The van der Waals surface area contributed by atoms with Crippen LogP contribution in [0.4, 0.5) is 0 Å². The van der Waals surface area contributed by atoms with Crippen molar-refractivity contribution in [3.63, 3.8) is 0 Å². The van der Waals surface area contributed by atoms with E-state index in [9.17, 15) is 4.79 Å². The maximum atomic E-state index is 11.0. The molecule has 0 aliphatic heterocycles. The third-order valence-electron chi connectivity index (χ3n) is 2.22. The maximum absolute atomic E-state index is 11.0. The first-order valence-corrected chi connectivity index (χ1v) is 5.75. The second-order valence-electron chi connectivity index (χ2n) is 3.72. The fourth-order valence-electron chi connectivity index (χ4n) is 1.05. The van der Waals surface area contributed by atoms with E-state index in [0.717, 1.165) is 13.1 Å². The van der Waals surface area contributed by atoms with E-state index in [1.807, 2.05) is 6.92 Å².